The number of fused-ring (bicyclic) bond motifs is 8. The van der Waals surface area contributed by atoms with Gasteiger partial charge in [0.25, 0.3) is 0 Å². The molecule has 7 rings (SSSR count). The molecule has 1 heteroatoms. The van der Waals surface area contributed by atoms with Crippen molar-refractivity contribution in [2.75, 3.05) is 0 Å². The molecule has 4 aromatic carbocycles. The van der Waals surface area contributed by atoms with Crippen LogP contribution in [0.4, 0.5) is 0 Å². The molecule has 0 spiro atoms. The van der Waals surface area contributed by atoms with Gasteiger partial charge in [0.1, 0.15) is 0 Å². The number of aryl methyl sites for hydroxylation is 1. The molecule has 2 aliphatic carbocycles. The molecule has 0 N–H and O–H groups in total. The second-order valence-corrected chi connectivity index (χ2v) is 9.44. The Morgan fingerprint density at radius 3 is 2.43 bits per heavy atom. The van der Waals surface area contributed by atoms with Gasteiger partial charge in [-0.1, -0.05) is 74.5 Å². The highest BCUT2D eigenvalue weighted by atomic mass is 15.0. The molecular weight excluding hydrogens is 362 g/mol. The lowest BCUT2D eigenvalue weighted by Crippen LogP contribution is -2.14. The van der Waals surface area contributed by atoms with Crippen molar-refractivity contribution in [1.82, 2.24) is 4.57 Å². The van der Waals surface area contributed by atoms with E-state index in [1.807, 2.05) is 0 Å². The Bertz CT molecular complexity index is 1540. The minimum atomic E-state index is 0.0167. The lowest BCUT2D eigenvalue weighted by atomic mass is 9.82. The predicted molar refractivity (Wildman–Crippen MR) is 126 cm³/mol. The molecule has 30 heavy (non-hydrogen) atoms. The van der Waals surface area contributed by atoms with Gasteiger partial charge in [-0.2, -0.15) is 0 Å². The van der Waals surface area contributed by atoms with Crippen molar-refractivity contribution in [3.05, 3.63) is 101 Å². The van der Waals surface area contributed by atoms with Crippen LogP contribution in [-0.2, 0) is 11.8 Å². The smallest absolute Gasteiger partial charge is 0.0622 e. The number of para-hydroxylation sites is 1. The van der Waals surface area contributed by atoms with Crippen LogP contribution in [0.2, 0.25) is 0 Å². The molecule has 0 radical (unpaired) electrons. The monoisotopic (exact) mass is 385 g/mol. The first-order valence-corrected chi connectivity index (χ1v) is 10.9. The maximum absolute atomic E-state index is 2.55. The van der Waals surface area contributed by atoms with E-state index in [0.29, 0.717) is 0 Å². The SMILES string of the molecule is Cc1ccc(-n2c3ccccc3c3ccc4c(c32)-c2ccccc2C4(C)C)c2c1C2. The fourth-order valence-corrected chi connectivity index (χ4v) is 5.86. The molecule has 0 atom stereocenters. The highest BCUT2D eigenvalue weighted by molar-refractivity contribution is 6.15. The molecule has 2 aliphatic rings. The topological polar surface area (TPSA) is 4.93 Å². The van der Waals surface area contributed by atoms with Crippen molar-refractivity contribution >= 4 is 21.8 Å². The standard InChI is InChI=1S/C29H23N/c1-17-12-15-26(22-16-21(17)22)30-25-11-7-5-8-18(25)19-13-14-24-27(28(19)30)20-9-4-6-10-23(20)29(24,2)3/h4-15H,16H2,1-3H3. The first-order valence-electron chi connectivity index (χ1n) is 10.9. The number of hydrogen-bond donors (Lipinski definition) is 0. The number of hydrogen-bond acceptors (Lipinski definition) is 0. The van der Waals surface area contributed by atoms with Crippen molar-refractivity contribution in [1.29, 1.82) is 0 Å². The molecule has 1 heterocycles. The summed E-state index contributed by atoms with van der Waals surface area (Å²) in [5.74, 6) is 0. The maximum Gasteiger partial charge on any atom is 0.0622 e. The summed E-state index contributed by atoms with van der Waals surface area (Å²) in [5.41, 5.74) is 14.2. The summed E-state index contributed by atoms with van der Waals surface area (Å²) in [6.45, 7) is 6.96. The van der Waals surface area contributed by atoms with Crippen molar-refractivity contribution in [3.8, 4) is 16.8 Å². The van der Waals surface area contributed by atoms with Crippen LogP contribution in [0.25, 0.3) is 38.6 Å². The molecule has 0 bridgehead atoms. The summed E-state index contributed by atoms with van der Waals surface area (Å²) in [7, 11) is 0. The summed E-state index contributed by atoms with van der Waals surface area (Å²) in [5, 5.41) is 2.69. The van der Waals surface area contributed by atoms with Crippen LogP contribution in [0.5, 0.6) is 0 Å². The quantitative estimate of drug-likeness (QED) is 0.280. The minimum Gasteiger partial charge on any atom is -0.308 e. The van der Waals surface area contributed by atoms with Gasteiger partial charge in [0, 0.05) is 28.2 Å². The largest absolute Gasteiger partial charge is 0.308 e. The zero-order valence-electron chi connectivity index (χ0n) is 17.6. The first-order chi connectivity index (χ1) is 14.6. The van der Waals surface area contributed by atoms with Gasteiger partial charge in [-0.25, -0.2) is 0 Å². The number of aromatic nitrogens is 1. The zero-order valence-corrected chi connectivity index (χ0v) is 17.6. The Morgan fingerprint density at radius 1 is 0.733 bits per heavy atom. The lowest BCUT2D eigenvalue weighted by Gasteiger charge is -2.21. The molecule has 144 valence electrons. The molecular formula is C29H23N. The van der Waals surface area contributed by atoms with Gasteiger partial charge >= 0.3 is 0 Å². The summed E-state index contributed by atoms with van der Waals surface area (Å²) in [4.78, 5) is 0. The van der Waals surface area contributed by atoms with Crippen LogP contribution in [-0.4, -0.2) is 4.57 Å². The van der Waals surface area contributed by atoms with E-state index >= 15 is 0 Å². The molecule has 0 unspecified atom stereocenters. The Morgan fingerprint density at radius 2 is 1.53 bits per heavy atom. The maximum atomic E-state index is 2.55. The molecule has 0 saturated carbocycles. The van der Waals surface area contributed by atoms with Crippen LogP contribution in [0, 0.1) is 6.92 Å². The summed E-state index contributed by atoms with van der Waals surface area (Å²) >= 11 is 0. The number of nitrogens with zero attached hydrogens (tertiary/aromatic N) is 1. The molecule has 0 aliphatic heterocycles. The van der Waals surface area contributed by atoms with Crippen LogP contribution in [0.3, 0.4) is 0 Å². The first kappa shape index (κ1) is 16.5. The second-order valence-electron chi connectivity index (χ2n) is 9.44. The third-order valence-electron chi connectivity index (χ3n) is 7.49. The lowest BCUT2D eigenvalue weighted by molar-refractivity contribution is 0.661. The average molecular weight is 386 g/mol. The van der Waals surface area contributed by atoms with Crippen LogP contribution in [0.15, 0.2) is 72.8 Å². The van der Waals surface area contributed by atoms with Gasteiger partial charge in [0.15, 0.2) is 0 Å². The van der Waals surface area contributed by atoms with Crippen LogP contribution in [0.1, 0.15) is 41.7 Å². The Balaban J connectivity index is 1.72. The zero-order chi connectivity index (χ0) is 20.2. The van der Waals surface area contributed by atoms with Gasteiger partial charge in [0.05, 0.1) is 16.7 Å². The molecule has 1 nitrogen and oxygen atoms in total. The molecule has 5 aromatic rings. The highest BCUT2D eigenvalue weighted by Gasteiger charge is 2.38. The van der Waals surface area contributed by atoms with E-state index in [0.717, 1.165) is 6.42 Å². The van der Waals surface area contributed by atoms with Gasteiger partial charge in [0.2, 0.25) is 0 Å². The molecule has 0 fully saturated rings. The van der Waals surface area contributed by atoms with Gasteiger partial charge in [-0.3, -0.25) is 0 Å². The van der Waals surface area contributed by atoms with Gasteiger partial charge in [-0.15, -0.1) is 0 Å². The van der Waals surface area contributed by atoms with Crippen LogP contribution >= 0.6 is 0 Å². The Kier molecular flexibility index (Phi) is 2.87. The molecule has 0 saturated heterocycles. The van der Waals surface area contributed by atoms with E-state index in [-0.39, 0.29) is 5.41 Å². The van der Waals surface area contributed by atoms with E-state index in [9.17, 15) is 0 Å². The predicted octanol–water partition coefficient (Wildman–Crippen LogP) is 7.30. The van der Waals surface area contributed by atoms with Crippen molar-refractivity contribution < 1.29 is 0 Å². The van der Waals surface area contributed by atoms with Crippen molar-refractivity contribution in [2.45, 2.75) is 32.6 Å². The number of benzene rings is 4. The average Bonchev–Trinajstić information content (AvgIpc) is 3.46. The third-order valence-corrected chi connectivity index (χ3v) is 7.49. The molecule has 1 aromatic heterocycles. The normalized spacial score (nSPS) is 15.3. The van der Waals surface area contributed by atoms with Crippen LogP contribution < -0.4 is 0 Å². The van der Waals surface area contributed by atoms with Crippen molar-refractivity contribution in [3.63, 3.8) is 0 Å². The Hall–Kier alpha value is -3.32. The summed E-state index contributed by atoms with van der Waals surface area (Å²) in [6.07, 6.45) is 1.12. The fraction of sp³-hybridized carbons (Fsp3) is 0.172. The van der Waals surface area contributed by atoms with E-state index in [1.165, 1.54) is 66.4 Å². The van der Waals surface area contributed by atoms with Gasteiger partial charge < -0.3 is 4.57 Å². The van der Waals surface area contributed by atoms with E-state index in [4.69, 9.17) is 0 Å². The fourth-order valence-electron chi connectivity index (χ4n) is 5.86. The Labute approximate surface area is 176 Å². The van der Waals surface area contributed by atoms with Crippen molar-refractivity contribution in [2.24, 2.45) is 0 Å². The third kappa shape index (κ3) is 1.84. The highest BCUT2D eigenvalue weighted by Crippen LogP contribution is 2.53. The van der Waals surface area contributed by atoms with E-state index in [1.54, 1.807) is 0 Å². The van der Waals surface area contributed by atoms with Gasteiger partial charge in [-0.05, 0) is 52.4 Å². The molecule has 0 amide bonds. The van der Waals surface area contributed by atoms with E-state index in [2.05, 4.69) is 98.1 Å². The summed E-state index contributed by atoms with van der Waals surface area (Å²) in [6, 6.07) is 27.2. The second kappa shape index (κ2) is 5.23. The minimum absolute atomic E-state index is 0.0167. The van der Waals surface area contributed by atoms with E-state index < -0.39 is 0 Å². The summed E-state index contributed by atoms with van der Waals surface area (Å²) < 4.78 is 2.55. The number of rotatable bonds is 1.